The number of hydrogen-bond acceptors (Lipinski definition) is 1. The van der Waals surface area contributed by atoms with Gasteiger partial charge in [-0.05, 0) is 24.6 Å². The monoisotopic (exact) mass is 271 g/mol. The lowest BCUT2D eigenvalue weighted by Crippen LogP contribution is -2.30. The number of rotatable bonds is 4. The second-order valence-corrected chi connectivity index (χ2v) is 3.97. The van der Waals surface area contributed by atoms with E-state index >= 15 is 0 Å². The first-order chi connectivity index (χ1) is 8.19. The molecule has 0 saturated heterocycles. The highest BCUT2D eigenvalue weighted by Gasteiger charge is 2.29. The van der Waals surface area contributed by atoms with E-state index in [0.717, 1.165) is 12.1 Å². The SMILES string of the molecule is CC(CC(F)(F)F)NCc1cc(F)c(F)c(F)c1. The average molecular weight is 271 g/mol. The Labute approximate surface area is 99.8 Å². The van der Waals surface area contributed by atoms with E-state index in [1.54, 1.807) is 0 Å². The lowest BCUT2D eigenvalue weighted by molar-refractivity contribution is -0.139. The van der Waals surface area contributed by atoms with Crippen molar-refractivity contribution in [3.63, 3.8) is 0 Å². The van der Waals surface area contributed by atoms with E-state index in [9.17, 15) is 26.3 Å². The second kappa shape index (κ2) is 5.60. The van der Waals surface area contributed by atoms with Crippen LogP contribution in [0.5, 0.6) is 0 Å². The van der Waals surface area contributed by atoms with Crippen molar-refractivity contribution in [1.82, 2.24) is 5.32 Å². The van der Waals surface area contributed by atoms with Crippen molar-refractivity contribution in [2.75, 3.05) is 0 Å². The lowest BCUT2D eigenvalue weighted by atomic mass is 10.1. The summed E-state index contributed by atoms with van der Waals surface area (Å²) in [6, 6.07) is 0.582. The van der Waals surface area contributed by atoms with Crippen molar-refractivity contribution in [3.8, 4) is 0 Å². The summed E-state index contributed by atoms with van der Waals surface area (Å²) in [5, 5.41) is 2.45. The molecule has 1 aromatic rings. The van der Waals surface area contributed by atoms with Crippen LogP contribution in [0.3, 0.4) is 0 Å². The van der Waals surface area contributed by atoms with Gasteiger partial charge in [-0.3, -0.25) is 0 Å². The molecule has 7 heteroatoms. The van der Waals surface area contributed by atoms with Gasteiger partial charge in [-0.2, -0.15) is 13.2 Å². The van der Waals surface area contributed by atoms with Gasteiger partial charge in [0.2, 0.25) is 0 Å². The molecule has 0 aliphatic heterocycles. The molecule has 0 radical (unpaired) electrons. The highest BCUT2D eigenvalue weighted by Crippen LogP contribution is 2.21. The standard InChI is InChI=1S/C11H11F6N/c1-6(4-11(15,16)17)18-5-7-2-8(12)10(14)9(13)3-7/h2-3,6,18H,4-5H2,1H3. The molecule has 0 heterocycles. The van der Waals surface area contributed by atoms with Gasteiger partial charge < -0.3 is 5.32 Å². The van der Waals surface area contributed by atoms with Crippen molar-refractivity contribution >= 4 is 0 Å². The van der Waals surface area contributed by atoms with Crippen LogP contribution in [0.15, 0.2) is 12.1 Å². The number of nitrogens with one attached hydrogen (secondary N) is 1. The van der Waals surface area contributed by atoms with Crippen molar-refractivity contribution in [3.05, 3.63) is 35.1 Å². The number of benzene rings is 1. The summed E-state index contributed by atoms with van der Waals surface area (Å²) < 4.78 is 74.2. The molecule has 18 heavy (non-hydrogen) atoms. The quantitative estimate of drug-likeness (QED) is 0.652. The minimum Gasteiger partial charge on any atom is -0.310 e. The summed E-state index contributed by atoms with van der Waals surface area (Å²) in [6.45, 7) is 1.12. The molecule has 102 valence electrons. The van der Waals surface area contributed by atoms with Crippen LogP contribution in [0.4, 0.5) is 26.3 Å². The topological polar surface area (TPSA) is 12.0 Å². The Morgan fingerprint density at radius 2 is 1.61 bits per heavy atom. The van der Waals surface area contributed by atoms with Gasteiger partial charge in [-0.25, -0.2) is 13.2 Å². The maximum Gasteiger partial charge on any atom is 0.390 e. The summed E-state index contributed by atoms with van der Waals surface area (Å²) in [5.74, 6) is -4.33. The first kappa shape index (κ1) is 14.8. The van der Waals surface area contributed by atoms with E-state index in [1.165, 1.54) is 6.92 Å². The minimum atomic E-state index is -4.31. The van der Waals surface area contributed by atoms with Gasteiger partial charge in [0.25, 0.3) is 0 Å². The molecule has 1 N–H and O–H groups in total. The summed E-state index contributed by atoms with van der Waals surface area (Å²) in [4.78, 5) is 0. The summed E-state index contributed by atoms with van der Waals surface area (Å²) in [5.41, 5.74) is 0.0421. The highest BCUT2D eigenvalue weighted by atomic mass is 19.4. The Bertz CT molecular complexity index is 391. The largest absolute Gasteiger partial charge is 0.390 e. The molecule has 1 aromatic carbocycles. The molecule has 0 aliphatic carbocycles. The smallest absolute Gasteiger partial charge is 0.310 e. The molecule has 0 saturated carbocycles. The van der Waals surface area contributed by atoms with E-state index in [2.05, 4.69) is 5.32 Å². The minimum absolute atomic E-state index is 0.0421. The van der Waals surface area contributed by atoms with Gasteiger partial charge in [0.1, 0.15) is 0 Å². The molecule has 1 nitrogen and oxygen atoms in total. The lowest BCUT2D eigenvalue weighted by Gasteiger charge is -2.15. The van der Waals surface area contributed by atoms with Crippen molar-refractivity contribution in [1.29, 1.82) is 0 Å². The van der Waals surface area contributed by atoms with Crippen LogP contribution in [-0.2, 0) is 6.54 Å². The first-order valence-electron chi connectivity index (χ1n) is 5.12. The van der Waals surface area contributed by atoms with E-state index in [4.69, 9.17) is 0 Å². The molecule has 0 amide bonds. The molecule has 0 aromatic heterocycles. The van der Waals surface area contributed by atoms with Crippen molar-refractivity contribution in [2.24, 2.45) is 0 Å². The fraction of sp³-hybridized carbons (Fsp3) is 0.455. The van der Waals surface area contributed by atoms with Crippen LogP contribution >= 0.6 is 0 Å². The average Bonchev–Trinajstić information content (AvgIpc) is 2.20. The fourth-order valence-corrected chi connectivity index (χ4v) is 1.42. The molecule has 1 unspecified atom stereocenters. The molecule has 0 fully saturated rings. The predicted molar refractivity (Wildman–Crippen MR) is 53.3 cm³/mol. The van der Waals surface area contributed by atoms with Gasteiger partial charge >= 0.3 is 6.18 Å². The van der Waals surface area contributed by atoms with Crippen LogP contribution in [0.2, 0.25) is 0 Å². The zero-order chi connectivity index (χ0) is 13.9. The Hall–Kier alpha value is -1.24. The molecule has 0 spiro atoms. The summed E-state index contributed by atoms with van der Waals surface area (Å²) in [7, 11) is 0. The molecule has 0 aliphatic rings. The van der Waals surface area contributed by atoms with Gasteiger partial charge in [0, 0.05) is 12.6 Å². The molecule has 1 atom stereocenters. The summed E-state index contributed by atoms with van der Waals surface area (Å²) in [6.07, 6.45) is -5.37. The van der Waals surface area contributed by atoms with Crippen LogP contribution in [-0.4, -0.2) is 12.2 Å². The first-order valence-corrected chi connectivity index (χ1v) is 5.12. The normalized spacial score (nSPS) is 13.7. The van der Waals surface area contributed by atoms with Crippen LogP contribution in [0.25, 0.3) is 0 Å². The van der Waals surface area contributed by atoms with E-state index < -0.39 is 36.1 Å². The summed E-state index contributed by atoms with van der Waals surface area (Å²) >= 11 is 0. The zero-order valence-corrected chi connectivity index (χ0v) is 9.41. The van der Waals surface area contributed by atoms with Gasteiger partial charge in [0.05, 0.1) is 6.42 Å². The number of alkyl halides is 3. The van der Waals surface area contributed by atoms with E-state index in [0.29, 0.717) is 0 Å². The predicted octanol–water partition coefficient (Wildman–Crippen LogP) is 3.53. The molecule has 0 bridgehead atoms. The van der Waals surface area contributed by atoms with Crippen LogP contribution in [0.1, 0.15) is 18.9 Å². The van der Waals surface area contributed by atoms with E-state index in [-0.39, 0.29) is 12.1 Å². The third-order valence-corrected chi connectivity index (χ3v) is 2.24. The van der Waals surface area contributed by atoms with Crippen molar-refractivity contribution in [2.45, 2.75) is 32.1 Å². The third kappa shape index (κ3) is 4.56. The Morgan fingerprint density at radius 1 is 1.11 bits per heavy atom. The molecular weight excluding hydrogens is 260 g/mol. The second-order valence-electron chi connectivity index (χ2n) is 3.97. The van der Waals surface area contributed by atoms with Crippen LogP contribution < -0.4 is 5.32 Å². The zero-order valence-electron chi connectivity index (χ0n) is 9.41. The van der Waals surface area contributed by atoms with E-state index in [1.807, 2.05) is 0 Å². The van der Waals surface area contributed by atoms with Gasteiger partial charge in [-0.1, -0.05) is 0 Å². The van der Waals surface area contributed by atoms with Gasteiger partial charge in [-0.15, -0.1) is 0 Å². The Morgan fingerprint density at radius 3 is 2.06 bits per heavy atom. The third-order valence-electron chi connectivity index (χ3n) is 2.24. The highest BCUT2D eigenvalue weighted by molar-refractivity contribution is 5.19. The van der Waals surface area contributed by atoms with Crippen molar-refractivity contribution < 1.29 is 26.3 Å². The number of hydrogen-bond donors (Lipinski definition) is 1. The maximum absolute atomic E-state index is 12.8. The Balaban J connectivity index is 2.59. The van der Waals surface area contributed by atoms with Gasteiger partial charge in [0.15, 0.2) is 17.5 Å². The Kier molecular flexibility index (Phi) is 4.61. The number of halogens is 6. The van der Waals surface area contributed by atoms with Crippen LogP contribution in [0, 0.1) is 17.5 Å². The fourth-order valence-electron chi connectivity index (χ4n) is 1.42. The molecule has 1 rings (SSSR count). The molecular formula is C11H11F6N. The maximum atomic E-state index is 12.8.